The monoisotopic (exact) mass is 163 g/mol. The zero-order valence-corrected chi connectivity index (χ0v) is 7.11. The van der Waals surface area contributed by atoms with Crippen LogP contribution in [0.2, 0.25) is 0 Å². The van der Waals surface area contributed by atoms with Crippen LogP contribution in [0.1, 0.15) is 26.7 Å². The highest BCUT2D eigenvalue weighted by molar-refractivity contribution is 7.72. The van der Waals surface area contributed by atoms with E-state index in [0.29, 0.717) is 0 Å². The van der Waals surface area contributed by atoms with E-state index in [2.05, 4.69) is 0 Å². The van der Waals surface area contributed by atoms with E-state index in [0.717, 1.165) is 12.8 Å². The summed E-state index contributed by atoms with van der Waals surface area (Å²) in [5.74, 6) is 0.0262. The summed E-state index contributed by atoms with van der Waals surface area (Å²) < 4.78 is 20.6. The Kier molecular flexibility index (Phi) is 4.31. The molecule has 0 aliphatic carbocycles. The molecule has 0 aliphatic rings. The molecule has 0 saturated carbocycles. The van der Waals surface area contributed by atoms with Gasteiger partial charge in [-0.2, -0.15) is 8.42 Å². The van der Waals surface area contributed by atoms with E-state index >= 15 is 0 Å². The molecule has 0 bridgehead atoms. The van der Waals surface area contributed by atoms with Crippen molar-refractivity contribution in [2.75, 3.05) is 0 Å². The van der Waals surface area contributed by atoms with Crippen molar-refractivity contribution in [3.8, 4) is 0 Å². The van der Waals surface area contributed by atoms with Gasteiger partial charge in [0, 0.05) is 5.92 Å². The third-order valence-corrected chi connectivity index (χ3v) is 2.30. The normalized spacial score (nSPS) is 10.0. The van der Waals surface area contributed by atoms with Crippen molar-refractivity contribution >= 4 is 15.3 Å². The number of hydrogen-bond donors (Lipinski definition) is 1. The minimum Gasteiger partial charge on any atom is -0.293 e. The molecule has 0 unspecified atom stereocenters. The molecule has 4 heteroatoms. The van der Waals surface area contributed by atoms with Crippen molar-refractivity contribution < 1.29 is 8.42 Å². The van der Waals surface area contributed by atoms with E-state index in [1.165, 1.54) is 0 Å². The second-order valence-corrected chi connectivity index (χ2v) is 3.09. The third-order valence-electron chi connectivity index (χ3n) is 1.58. The third kappa shape index (κ3) is 2.49. The van der Waals surface area contributed by atoms with Gasteiger partial charge in [0.1, 0.15) is 4.99 Å². The van der Waals surface area contributed by atoms with E-state index in [1.807, 2.05) is 13.8 Å². The van der Waals surface area contributed by atoms with E-state index in [4.69, 9.17) is 5.73 Å². The zero-order valence-electron chi connectivity index (χ0n) is 6.29. The van der Waals surface area contributed by atoms with Crippen LogP contribution < -0.4 is 5.73 Å². The minimum absolute atomic E-state index is 0.0262. The van der Waals surface area contributed by atoms with Crippen LogP contribution in [0.4, 0.5) is 0 Å². The van der Waals surface area contributed by atoms with E-state index < -0.39 is 10.3 Å². The molecule has 0 rings (SSSR count). The fourth-order valence-corrected chi connectivity index (χ4v) is 1.43. The molecule has 2 N–H and O–H groups in total. The maximum absolute atomic E-state index is 10.3. The molecule has 0 aromatic heterocycles. The average Bonchev–Trinajstić information content (AvgIpc) is 1.90. The van der Waals surface area contributed by atoms with Crippen molar-refractivity contribution in [1.29, 1.82) is 0 Å². The minimum atomic E-state index is -2.20. The fraction of sp³-hybridized carbons (Fsp3) is 0.833. The lowest BCUT2D eigenvalue weighted by Crippen LogP contribution is -2.23. The molecule has 10 heavy (non-hydrogen) atoms. The van der Waals surface area contributed by atoms with Crippen molar-refractivity contribution in [3.63, 3.8) is 0 Å². The average molecular weight is 163 g/mol. The lowest BCUT2D eigenvalue weighted by Gasteiger charge is -2.06. The molecular weight excluding hydrogens is 150 g/mol. The van der Waals surface area contributed by atoms with Gasteiger partial charge in [0.15, 0.2) is 0 Å². The first-order valence-corrected chi connectivity index (χ1v) is 4.42. The van der Waals surface area contributed by atoms with Crippen molar-refractivity contribution in [2.24, 2.45) is 11.7 Å². The molecule has 0 radical (unpaired) electrons. The molecule has 0 heterocycles. The van der Waals surface area contributed by atoms with Crippen LogP contribution in [0.5, 0.6) is 0 Å². The first-order chi connectivity index (χ1) is 4.63. The maximum atomic E-state index is 10.3. The molecule has 0 amide bonds. The van der Waals surface area contributed by atoms with Crippen LogP contribution in [0.3, 0.4) is 0 Å². The lowest BCUT2D eigenvalue weighted by atomic mass is 10.0. The Labute approximate surface area is 62.8 Å². The Morgan fingerprint density at radius 2 is 1.80 bits per heavy atom. The topological polar surface area (TPSA) is 60.2 Å². The summed E-state index contributed by atoms with van der Waals surface area (Å²) in [5, 5.41) is 0. The predicted octanol–water partition coefficient (Wildman–Crippen LogP) is 0.390. The molecule has 0 aromatic carbocycles. The summed E-state index contributed by atoms with van der Waals surface area (Å²) in [6.07, 6.45) is 1.58. The quantitative estimate of drug-likeness (QED) is 0.612. The number of nitrogens with two attached hydrogens (primary N) is 1. The van der Waals surface area contributed by atoms with E-state index in [1.54, 1.807) is 0 Å². The molecule has 0 fully saturated rings. The zero-order chi connectivity index (χ0) is 8.15. The summed E-state index contributed by atoms with van der Waals surface area (Å²) in [7, 11) is -2.20. The Balaban J connectivity index is 4.47. The van der Waals surface area contributed by atoms with Crippen LogP contribution >= 0.6 is 0 Å². The van der Waals surface area contributed by atoms with Gasteiger partial charge in [-0.1, -0.05) is 13.8 Å². The Bertz CT molecular complexity index is 206. The van der Waals surface area contributed by atoms with Gasteiger partial charge in [-0.25, -0.2) is 0 Å². The van der Waals surface area contributed by atoms with Gasteiger partial charge in [-0.15, -0.1) is 0 Å². The Morgan fingerprint density at radius 1 is 1.40 bits per heavy atom. The predicted molar refractivity (Wildman–Crippen MR) is 42.2 cm³/mol. The van der Waals surface area contributed by atoms with Crippen molar-refractivity contribution in [1.82, 2.24) is 0 Å². The van der Waals surface area contributed by atoms with E-state index in [-0.39, 0.29) is 10.9 Å². The van der Waals surface area contributed by atoms with Gasteiger partial charge in [-0.3, -0.25) is 5.73 Å². The fourth-order valence-electron chi connectivity index (χ4n) is 0.827. The smallest absolute Gasteiger partial charge is 0.228 e. The van der Waals surface area contributed by atoms with Crippen LogP contribution in [0.25, 0.3) is 0 Å². The molecule has 0 spiro atoms. The second-order valence-electron chi connectivity index (χ2n) is 2.15. The summed E-state index contributed by atoms with van der Waals surface area (Å²) >= 11 is 0. The molecule has 3 nitrogen and oxygen atoms in total. The molecule has 0 saturated heterocycles. The second kappa shape index (κ2) is 4.46. The van der Waals surface area contributed by atoms with Gasteiger partial charge >= 0.3 is 0 Å². The molecular formula is C6H13NO2S. The summed E-state index contributed by atoms with van der Waals surface area (Å²) in [6.45, 7) is 3.85. The molecule has 0 aliphatic heterocycles. The van der Waals surface area contributed by atoms with E-state index in [9.17, 15) is 8.42 Å². The summed E-state index contributed by atoms with van der Waals surface area (Å²) in [4.78, 5) is 0.0880. The largest absolute Gasteiger partial charge is 0.293 e. The molecule has 0 aromatic rings. The van der Waals surface area contributed by atoms with Crippen LogP contribution in [-0.2, 0) is 10.3 Å². The SMILES string of the molecule is CCC(CC)C(N)=S(=O)=O. The molecule has 60 valence electrons. The Morgan fingerprint density at radius 3 is 1.90 bits per heavy atom. The summed E-state index contributed by atoms with van der Waals surface area (Å²) in [6, 6.07) is 0. The lowest BCUT2D eigenvalue weighted by molar-refractivity contribution is 0.616. The van der Waals surface area contributed by atoms with Gasteiger partial charge < -0.3 is 0 Å². The van der Waals surface area contributed by atoms with Gasteiger partial charge in [-0.05, 0) is 12.8 Å². The van der Waals surface area contributed by atoms with Gasteiger partial charge in [0.2, 0.25) is 10.3 Å². The highest BCUT2D eigenvalue weighted by Gasteiger charge is 2.07. The number of rotatable bonds is 3. The van der Waals surface area contributed by atoms with Crippen LogP contribution in [0.15, 0.2) is 0 Å². The number of hydrogen-bond acceptors (Lipinski definition) is 2. The first-order valence-electron chi connectivity index (χ1n) is 3.35. The maximum Gasteiger partial charge on any atom is 0.228 e. The first kappa shape index (κ1) is 9.65. The molecule has 0 atom stereocenters. The van der Waals surface area contributed by atoms with Crippen LogP contribution in [0, 0.1) is 5.92 Å². The highest BCUT2D eigenvalue weighted by atomic mass is 32.2. The highest BCUT2D eigenvalue weighted by Crippen LogP contribution is 2.05. The van der Waals surface area contributed by atoms with Gasteiger partial charge in [0.25, 0.3) is 0 Å². The standard InChI is InChI=1S/C6H13NO2S/c1-3-5(4-2)6(7)10(8)9/h5H,3-4,7H2,1-2H3. The van der Waals surface area contributed by atoms with Crippen molar-refractivity contribution in [3.05, 3.63) is 0 Å². The van der Waals surface area contributed by atoms with Crippen LogP contribution in [-0.4, -0.2) is 13.4 Å². The van der Waals surface area contributed by atoms with Crippen molar-refractivity contribution in [2.45, 2.75) is 26.7 Å². The summed E-state index contributed by atoms with van der Waals surface area (Å²) in [5.41, 5.74) is 5.29. The Hall–Kier alpha value is -0.350. The van der Waals surface area contributed by atoms with Gasteiger partial charge in [0.05, 0.1) is 0 Å².